The van der Waals surface area contributed by atoms with E-state index >= 15 is 0 Å². The summed E-state index contributed by atoms with van der Waals surface area (Å²) < 4.78 is 22.2. The lowest BCUT2D eigenvalue weighted by Gasteiger charge is -2.21. The highest BCUT2D eigenvalue weighted by molar-refractivity contribution is 7.91. The van der Waals surface area contributed by atoms with Gasteiger partial charge in [0.25, 0.3) is 0 Å². The highest BCUT2D eigenvalue weighted by atomic mass is 32.2. The Morgan fingerprint density at radius 2 is 2.29 bits per heavy atom. The molecular weight excluding hydrogens is 204 g/mol. The molecule has 0 radical (unpaired) electrons. The van der Waals surface area contributed by atoms with E-state index in [1.165, 1.54) is 4.90 Å². The number of nitriles is 1. The van der Waals surface area contributed by atoms with Crippen molar-refractivity contribution in [3.8, 4) is 6.07 Å². The molecule has 1 rings (SSSR count). The Bertz CT molecular complexity index is 369. The number of amides is 1. The molecule has 0 aromatic carbocycles. The number of hydrogen-bond acceptors (Lipinski definition) is 4. The van der Waals surface area contributed by atoms with Gasteiger partial charge in [-0.3, -0.25) is 4.79 Å². The zero-order chi connectivity index (χ0) is 10.8. The van der Waals surface area contributed by atoms with Gasteiger partial charge in [-0.1, -0.05) is 0 Å². The standard InChI is InChI=1S/C8H12N2O3S/c1-10(8(11)2-4-9)7-3-5-14(12,13)6-7/h7H,2-3,5-6H2,1H3. The van der Waals surface area contributed by atoms with Crippen molar-refractivity contribution in [3.05, 3.63) is 0 Å². The third kappa shape index (κ3) is 2.45. The van der Waals surface area contributed by atoms with E-state index in [9.17, 15) is 13.2 Å². The van der Waals surface area contributed by atoms with Crippen molar-refractivity contribution in [2.75, 3.05) is 18.6 Å². The van der Waals surface area contributed by atoms with Gasteiger partial charge in [-0.05, 0) is 6.42 Å². The number of carbonyl (C=O) groups is 1. The molecule has 0 aromatic rings. The Hall–Kier alpha value is -1.09. The maximum Gasteiger partial charge on any atom is 0.236 e. The molecule has 0 aliphatic carbocycles. The Morgan fingerprint density at radius 3 is 2.71 bits per heavy atom. The van der Waals surface area contributed by atoms with Crippen LogP contribution in [0.15, 0.2) is 0 Å². The molecule has 1 amide bonds. The van der Waals surface area contributed by atoms with E-state index in [0.717, 1.165) is 0 Å². The van der Waals surface area contributed by atoms with Gasteiger partial charge in [0.2, 0.25) is 5.91 Å². The van der Waals surface area contributed by atoms with Crippen molar-refractivity contribution in [2.45, 2.75) is 18.9 Å². The van der Waals surface area contributed by atoms with Crippen molar-refractivity contribution in [1.29, 1.82) is 5.26 Å². The molecule has 0 bridgehead atoms. The second-order valence-corrected chi connectivity index (χ2v) is 5.63. The third-order valence-corrected chi connectivity index (χ3v) is 4.13. The van der Waals surface area contributed by atoms with Crippen molar-refractivity contribution in [2.24, 2.45) is 0 Å². The van der Waals surface area contributed by atoms with Crippen LogP contribution in [-0.4, -0.2) is 43.8 Å². The summed E-state index contributed by atoms with van der Waals surface area (Å²) >= 11 is 0. The van der Waals surface area contributed by atoms with Crippen LogP contribution in [0, 0.1) is 11.3 Å². The molecule has 1 atom stereocenters. The van der Waals surface area contributed by atoms with Crippen molar-refractivity contribution >= 4 is 15.7 Å². The molecule has 1 aliphatic rings. The van der Waals surface area contributed by atoms with E-state index in [4.69, 9.17) is 5.26 Å². The smallest absolute Gasteiger partial charge is 0.236 e. The lowest BCUT2D eigenvalue weighted by molar-refractivity contribution is -0.130. The first-order valence-electron chi connectivity index (χ1n) is 4.29. The summed E-state index contributed by atoms with van der Waals surface area (Å²) in [7, 11) is -1.42. The fourth-order valence-corrected chi connectivity index (χ4v) is 3.25. The topological polar surface area (TPSA) is 78.2 Å². The van der Waals surface area contributed by atoms with Gasteiger partial charge in [-0.2, -0.15) is 5.26 Å². The SMILES string of the molecule is CN(C(=O)CC#N)C1CCS(=O)(=O)C1. The van der Waals surface area contributed by atoms with Gasteiger partial charge in [0.1, 0.15) is 6.42 Å². The summed E-state index contributed by atoms with van der Waals surface area (Å²) in [5.41, 5.74) is 0. The zero-order valence-electron chi connectivity index (χ0n) is 7.93. The summed E-state index contributed by atoms with van der Waals surface area (Å²) in [5, 5.41) is 8.32. The predicted molar refractivity (Wildman–Crippen MR) is 50.1 cm³/mol. The minimum atomic E-state index is -2.97. The lowest BCUT2D eigenvalue weighted by atomic mass is 10.2. The van der Waals surface area contributed by atoms with Crippen LogP contribution in [0.5, 0.6) is 0 Å². The van der Waals surface area contributed by atoms with Gasteiger partial charge in [0, 0.05) is 13.1 Å². The first kappa shape index (κ1) is 11.0. The second-order valence-electron chi connectivity index (χ2n) is 3.40. The molecule has 0 N–H and O–H groups in total. The summed E-state index contributed by atoms with van der Waals surface area (Å²) in [6, 6.07) is 1.50. The second kappa shape index (κ2) is 3.96. The minimum Gasteiger partial charge on any atom is -0.341 e. The van der Waals surface area contributed by atoms with Crippen LogP contribution in [0.1, 0.15) is 12.8 Å². The van der Waals surface area contributed by atoms with E-state index in [0.29, 0.717) is 6.42 Å². The monoisotopic (exact) mass is 216 g/mol. The Morgan fingerprint density at radius 1 is 1.64 bits per heavy atom. The van der Waals surface area contributed by atoms with Crippen LogP contribution in [0.2, 0.25) is 0 Å². The fraction of sp³-hybridized carbons (Fsp3) is 0.750. The maximum atomic E-state index is 11.2. The van der Waals surface area contributed by atoms with Crippen LogP contribution in [0.3, 0.4) is 0 Å². The highest BCUT2D eigenvalue weighted by Gasteiger charge is 2.32. The Kier molecular flexibility index (Phi) is 3.11. The van der Waals surface area contributed by atoms with Crippen molar-refractivity contribution in [1.82, 2.24) is 4.90 Å². The largest absolute Gasteiger partial charge is 0.341 e. The van der Waals surface area contributed by atoms with E-state index in [1.54, 1.807) is 13.1 Å². The Labute approximate surface area is 83.2 Å². The summed E-state index contributed by atoms with van der Waals surface area (Å²) in [4.78, 5) is 12.6. The quantitative estimate of drug-likeness (QED) is 0.626. The van der Waals surface area contributed by atoms with Gasteiger partial charge >= 0.3 is 0 Å². The predicted octanol–water partition coefficient (Wildman–Crippen LogP) is -0.454. The molecule has 0 spiro atoms. The molecule has 0 saturated carbocycles. The van der Waals surface area contributed by atoms with E-state index in [1.807, 2.05) is 0 Å². The summed E-state index contributed by atoms with van der Waals surface area (Å²) in [6.45, 7) is 0. The van der Waals surface area contributed by atoms with Crippen LogP contribution >= 0.6 is 0 Å². The molecule has 6 heteroatoms. The lowest BCUT2D eigenvalue weighted by Crippen LogP contribution is -2.37. The van der Waals surface area contributed by atoms with Gasteiger partial charge in [0.05, 0.1) is 17.6 Å². The molecule has 14 heavy (non-hydrogen) atoms. The normalized spacial score (nSPS) is 24.1. The Balaban J connectivity index is 2.60. The molecular formula is C8H12N2O3S. The molecule has 78 valence electrons. The van der Waals surface area contributed by atoms with Gasteiger partial charge in [-0.25, -0.2) is 8.42 Å². The number of sulfone groups is 1. The highest BCUT2D eigenvalue weighted by Crippen LogP contribution is 2.16. The fourth-order valence-electron chi connectivity index (χ4n) is 1.48. The number of hydrogen-bond donors (Lipinski definition) is 0. The summed E-state index contributed by atoms with van der Waals surface area (Å²) in [5.74, 6) is -0.141. The maximum absolute atomic E-state index is 11.2. The molecule has 1 heterocycles. The number of rotatable bonds is 2. The number of carbonyl (C=O) groups excluding carboxylic acids is 1. The van der Waals surface area contributed by atoms with Gasteiger partial charge < -0.3 is 4.90 Å². The molecule has 0 aromatic heterocycles. The minimum absolute atomic E-state index is 0.0284. The third-order valence-electron chi connectivity index (χ3n) is 2.38. The molecule has 1 unspecified atom stereocenters. The van der Waals surface area contributed by atoms with Crippen LogP contribution < -0.4 is 0 Å². The van der Waals surface area contributed by atoms with Crippen LogP contribution in [0.4, 0.5) is 0 Å². The van der Waals surface area contributed by atoms with Crippen molar-refractivity contribution < 1.29 is 13.2 Å². The first-order chi connectivity index (χ1) is 6.46. The average molecular weight is 216 g/mol. The van der Waals surface area contributed by atoms with E-state index < -0.39 is 9.84 Å². The van der Waals surface area contributed by atoms with E-state index in [-0.39, 0.29) is 29.9 Å². The molecule has 1 fully saturated rings. The molecule has 1 aliphatic heterocycles. The van der Waals surface area contributed by atoms with E-state index in [2.05, 4.69) is 0 Å². The van der Waals surface area contributed by atoms with Crippen LogP contribution in [-0.2, 0) is 14.6 Å². The van der Waals surface area contributed by atoms with Gasteiger partial charge in [-0.15, -0.1) is 0 Å². The van der Waals surface area contributed by atoms with Crippen LogP contribution in [0.25, 0.3) is 0 Å². The zero-order valence-corrected chi connectivity index (χ0v) is 8.75. The first-order valence-corrected chi connectivity index (χ1v) is 6.11. The average Bonchev–Trinajstić information content (AvgIpc) is 2.45. The summed E-state index contributed by atoms with van der Waals surface area (Å²) in [6.07, 6.45) is 0.295. The number of nitrogens with zero attached hydrogens (tertiary/aromatic N) is 2. The van der Waals surface area contributed by atoms with Gasteiger partial charge in [0.15, 0.2) is 9.84 Å². The molecule has 1 saturated heterocycles. The van der Waals surface area contributed by atoms with Crippen molar-refractivity contribution in [3.63, 3.8) is 0 Å². The molecule has 5 nitrogen and oxygen atoms in total.